The zero-order valence-corrected chi connectivity index (χ0v) is 12.5. The van der Waals surface area contributed by atoms with Gasteiger partial charge in [-0.3, -0.25) is 4.90 Å². The fraction of sp³-hybridized carbons (Fsp3) is 0.333. The van der Waals surface area contributed by atoms with Crippen molar-refractivity contribution in [3.8, 4) is 0 Å². The third kappa shape index (κ3) is 2.64. The Labute approximate surface area is 127 Å². The van der Waals surface area contributed by atoms with Gasteiger partial charge in [-0.2, -0.15) is 0 Å². The highest BCUT2D eigenvalue weighted by molar-refractivity contribution is 7.09. The van der Waals surface area contributed by atoms with Gasteiger partial charge in [0, 0.05) is 43.1 Å². The Bertz CT molecular complexity index is 683. The summed E-state index contributed by atoms with van der Waals surface area (Å²) < 4.78 is 0. The van der Waals surface area contributed by atoms with Crippen molar-refractivity contribution in [2.24, 2.45) is 0 Å². The van der Waals surface area contributed by atoms with E-state index >= 15 is 0 Å². The Morgan fingerprint density at radius 3 is 2.81 bits per heavy atom. The molecule has 1 aliphatic rings. The van der Waals surface area contributed by atoms with Gasteiger partial charge in [-0.15, -0.1) is 11.3 Å². The highest BCUT2D eigenvalue weighted by atomic mass is 32.1. The Morgan fingerprint density at radius 2 is 2.05 bits per heavy atom. The van der Waals surface area contributed by atoms with Gasteiger partial charge in [0.15, 0.2) is 0 Å². The van der Waals surface area contributed by atoms with E-state index in [1.807, 2.05) is 18.3 Å². The molecule has 6 heteroatoms. The molecular formula is C15H17N5S. The summed E-state index contributed by atoms with van der Waals surface area (Å²) >= 11 is 1.69. The summed E-state index contributed by atoms with van der Waals surface area (Å²) in [6.07, 6.45) is 1.86. The van der Waals surface area contributed by atoms with Gasteiger partial charge in [0.25, 0.3) is 0 Å². The summed E-state index contributed by atoms with van der Waals surface area (Å²) in [5.74, 6) is 2.15. The van der Waals surface area contributed by atoms with Crippen LogP contribution in [0.15, 0.2) is 35.2 Å². The van der Waals surface area contributed by atoms with E-state index in [2.05, 4.69) is 41.6 Å². The van der Waals surface area contributed by atoms with Crippen LogP contribution in [0, 0.1) is 0 Å². The second-order valence-electron chi connectivity index (χ2n) is 5.31. The minimum absolute atomic E-state index is 0.898. The number of piperazine rings is 1. The average Bonchev–Trinajstić information content (AvgIpc) is 3.10. The average molecular weight is 299 g/mol. The van der Waals surface area contributed by atoms with Crippen LogP contribution in [0.3, 0.4) is 0 Å². The Kier molecular flexibility index (Phi) is 3.33. The Morgan fingerprint density at radius 1 is 1.14 bits per heavy atom. The van der Waals surface area contributed by atoms with Crippen molar-refractivity contribution in [1.29, 1.82) is 0 Å². The number of hydrogen-bond donors (Lipinski definition) is 1. The second-order valence-corrected chi connectivity index (χ2v) is 6.05. The van der Waals surface area contributed by atoms with E-state index in [1.54, 1.807) is 11.3 Å². The van der Waals surface area contributed by atoms with E-state index in [0.29, 0.717) is 0 Å². The fourth-order valence-electron chi connectivity index (χ4n) is 2.76. The van der Waals surface area contributed by atoms with E-state index < -0.39 is 0 Å². The molecule has 108 valence electrons. The predicted molar refractivity (Wildman–Crippen MR) is 85.7 cm³/mol. The van der Waals surface area contributed by atoms with E-state index in [9.17, 15) is 0 Å². The van der Waals surface area contributed by atoms with Crippen molar-refractivity contribution >= 4 is 28.2 Å². The molecule has 4 rings (SSSR count). The lowest BCUT2D eigenvalue weighted by Crippen LogP contribution is -2.46. The SMILES string of the molecule is c1ccc(N2CCN(Cc3nc4cscc4[nH]3)CC2)nc1. The number of anilines is 1. The van der Waals surface area contributed by atoms with Crippen molar-refractivity contribution < 1.29 is 0 Å². The fourth-order valence-corrected chi connectivity index (χ4v) is 3.45. The van der Waals surface area contributed by atoms with Crippen LogP contribution in [0.4, 0.5) is 5.82 Å². The summed E-state index contributed by atoms with van der Waals surface area (Å²) in [4.78, 5) is 17.2. The standard InChI is InChI=1S/C15H17N5S/c1-2-4-16-15(3-1)20-7-5-19(6-8-20)9-14-17-12-10-21-11-13(12)18-14/h1-4,10-11H,5-9H2,(H,17,18). The first kappa shape index (κ1) is 12.8. The molecule has 0 bridgehead atoms. The number of imidazole rings is 1. The van der Waals surface area contributed by atoms with Crippen LogP contribution in [-0.2, 0) is 6.54 Å². The van der Waals surface area contributed by atoms with Crippen LogP contribution in [0.5, 0.6) is 0 Å². The number of H-pyrrole nitrogens is 1. The monoisotopic (exact) mass is 299 g/mol. The first-order chi connectivity index (χ1) is 10.4. The number of aromatic amines is 1. The first-order valence-electron chi connectivity index (χ1n) is 7.17. The lowest BCUT2D eigenvalue weighted by Gasteiger charge is -2.34. The maximum absolute atomic E-state index is 4.63. The Balaban J connectivity index is 1.38. The molecule has 0 aliphatic carbocycles. The third-order valence-corrected chi connectivity index (χ3v) is 4.63. The number of rotatable bonds is 3. The summed E-state index contributed by atoms with van der Waals surface area (Å²) in [5.41, 5.74) is 2.24. The molecule has 0 amide bonds. The number of hydrogen-bond acceptors (Lipinski definition) is 5. The summed E-state index contributed by atoms with van der Waals surface area (Å²) in [6, 6.07) is 6.09. The number of thiophene rings is 1. The van der Waals surface area contributed by atoms with E-state index in [4.69, 9.17) is 0 Å². The highest BCUT2D eigenvalue weighted by Crippen LogP contribution is 2.18. The van der Waals surface area contributed by atoms with Gasteiger partial charge in [0.2, 0.25) is 0 Å². The molecule has 0 unspecified atom stereocenters. The van der Waals surface area contributed by atoms with Crippen LogP contribution in [0.1, 0.15) is 5.82 Å². The molecule has 3 aromatic heterocycles. The minimum Gasteiger partial charge on any atom is -0.354 e. The van der Waals surface area contributed by atoms with Crippen LogP contribution in [0.25, 0.3) is 11.0 Å². The van der Waals surface area contributed by atoms with Gasteiger partial charge in [-0.05, 0) is 12.1 Å². The van der Waals surface area contributed by atoms with E-state index in [-0.39, 0.29) is 0 Å². The van der Waals surface area contributed by atoms with Crippen molar-refractivity contribution in [3.63, 3.8) is 0 Å². The number of nitrogens with zero attached hydrogens (tertiary/aromatic N) is 4. The van der Waals surface area contributed by atoms with Crippen LogP contribution >= 0.6 is 11.3 Å². The predicted octanol–water partition coefficient (Wildman–Crippen LogP) is 2.34. The number of aromatic nitrogens is 3. The highest BCUT2D eigenvalue weighted by Gasteiger charge is 2.18. The summed E-state index contributed by atoms with van der Waals surface area (Å²) in [7, 11) is 0. The Hall–Kier alpha value is -1.92. The number of pyridine rings is 1. The largest absolute Gasteiger partial charge is 0.354 e. The molecule has 1 fully saturated rings. The lowest BCUT2D eigenvalue weighted by atomic mass is 10.3. The molecule has 0 saturated carbocycles. The van der Waals surface area contributed by atoms with Crippen LogP contribution < -0.4 is 4.90 Å². The maximum Gasteiger partial charge on any atom is 0.128 e. The van der Waals surface area contributed by atoms with Gasteiger partial charge in [-0.1, -0.05) is 6.07 Å². The molecule has 4 heterocycles. The molecule has 0 atom stereocenters. The van der Waals surface area contributed by atoms with Gasteiger partial charge >= 0.3 is 0 Å². The quantitative estimate of drug-likeness (QED) is 0.806. The zero-order chi connectivity index (χ0) is 14.1. The molecule has 0 spiro atoms. The first-order valence-corrected chi connectivity index (χ1v) is 8.12. The summed E-state index contributed by atoms with van der Waals surface area (Å²) in [6.45, 7) is 5.03. The zero-order valence-electron chi connectivity index (χ0n) is 11.7. The lowest BCUT2D eigenvalue weighted by molar-refractivity contribution is 0.244. The molecular weight excluding hydrogens is 282 g/mol. The molecule has 5 nitrogen and oxygen atoms in total. The van der Waals surface area contributed by atoms with Gasteiger partial charge in [0.1, 0.15) is 11.6 Å². The second kappa shape index (κ2) is 5.46. The maximum atomic E-state index is 4.63. The van der Waals surface area contributed by atoms with Crippen LogP contribution in [-0.4, -0.2) is 46.0 Å². The smallest absolute Gasteiger partial charge is 0.128 e. The molecule has 0 radical (unpaired) electrons. The molecule has 1 aliphatic heterocycles. The molecule has 0 aromatic carbocycles. The van der Waals surface area contributed by atoms with Crippen molar-refractivity contribution in [1.82, 2.24) is 19.9 Å². The molecule has 1 N–H and O–H groups in total. The summed E-state index contributed by atoms with van der Waals surface area (Å²) in [5, 5.41) is 4.21. The molecule has 21 heavy (non-hydrogen) atoms. The molecule has 1 saturated heterocycles. The topological polar surface area (TPSA) is 48.0 Å². The van der Waals surface area contributed by atoms with E-state index in [0.717, 1.165) is 55.4 Å². The van der Waals surface area contributed by atoms with E-state index in [1.165, 1.54) is 0 Å². The number of fused-ring (bicyclic) bond motifs is 1. The normalized spacial score (nSPS) is 16.7. The minimum atomic E-state index is 0.898. The van der Waals surface area contributed by atoms with Crippen molar-refractivity contribution in [2.75, 3.05) is 31.1 Å². The number of nitrogens with one attached hydrogen (secondary N) is 1. The van der Waals surface area contributed by atoms with Crippen molar-refractivity contribution in [2.45, 2.75) is 6.54 Å². The van der Waals surface area contributed by atoms with Crippen LogP contribution in [0.2, 0.25) is 0 Å². The molecule has 3 aromatic rings. The third-order valence-electron chi connectivity index (χ3n) is 3.89. The van der Waals surface area contributed by atoms with Gasteiger partial charge in [-0.25, -0.2) is 9.97 Å². The van der Waals surface area contributed by atoms with Crippen molar-refractivity contribution in [3.05, 3.63) is 41.0 Å². The van der Waals surface area contributed by atoms with Gasteiger partial charge < -0.3 is 9.88 Å². The van der Waals surface area contributed by atoms with Gasteiger partial charge in [0.05, 0.1) is 17.6 Å².